The Kier molecular flexibility index (Phi) is 9.36. The zero-order valence-electron chi connectivity index (χ0n) is 25.4. The van der Waals surface area contributed by atoms with Crippen molar-refractivity contribution in [2.75, 3.05) is 12.3 Å². The summed E-state index contributed by atoms with van der Waals surface area (Å²) in [5, 5.41) is 15.8. The van der Waals surface area contributed by atoms with E-state index in [0.29, 0.717) is 18.3 Å². The molecule has 41 heavy (non-hydrogen) atoms. The van der Waals surface area contributed by atoms with Crippen molar-refractivity contribution < 1.29 is 14.3 Å². The molecule has 0 aliphatic carbocycles. The molecular formula is C33H44N4O3Si. The number of rotatable bonds is 11. The molecule has 1 unspecified atom stereocenters. The third-order valence-corrected chi connectivity index (χ3v) is 12.5. The molecule has 0 aliphatic rings. The maximum Gasteiger partial charge on any atom is 0.192 e. The summed E-state index contributed by atoms with van der Waals surface area (Å²) in [5.41, 5.74) is 12.5. The first kappa shape index (κ1) is 30.5. The van der Waals surface area contributed by atoms with Crippen molar-refractivity contribution in [1.29, 1.82) is 0 Å². The van der Waals surface area contributed by atoms with Gasteiger partial charge in [0.05, 0.1) is 24.8 Å². The van der Waals surface area contributed by atoms with Crippen molar-refractivity contribution in [2.45, 2.75) is 77.9 Å². The molecular weight excluding hydrogens is 528 g/mol. The van der Waals surface area contributed by atoms with E-state index < -0.39 is 14.4 Å². The van der Waals surface area contributed by atoms with E-state index >= 15 is 0 Å². The quantitative estimate of drug-likeness (QED) is 0.183. The molecule has 218 valence electrons. The summed E-state index contributed by atoms with van der Waals surface area (Å²) in [7, 11) is -1.99. The molecule has 0 saturated heterocycles. The van der Waals surface area contributed by atoms with Crippen LogP contribution in [0.25, 0.3) is 22.4 Å². The molecule has 0 aliphatic heterocycles. The molecule has 8 heteroatoms. The smallest absolute Gasteiger partial charge is 0.192 e. The number of anilines is 1. The van der Waals surface area contributed by atoms with Gasteiger partial charge in [-0.2, -0.15) is 5.10 Å². The first-order chi connectivity index (χ1) is 19.4. The van der Waals surface area contributed by atoms with E-state index in [9.17, 15) is 5.11 Å². The maximum atomic E-state index is 10.9. The van der Waals surface area contributed by atoms with E-state index in [1.807, 2.05) is 36.4 Å². The lowest BCUT2D eigenvalue weighted by Crippen LogP contribution is -2.43. The molecule has 0 bridgehead atoms. The Labute approximate surface area is 245 Å². The van der Waals surface area contributed by atoms with Gasteiger partial charge in [0.25, 0.3) is 0 Å². The van der Waals surface area contributed by atoms with Gasteiger partial charge < -0.3 is 20.0 Å². The lowest BCUT2D eigenvalue weighted by atomic mass is 10.0. The van der Waals surface area contributed by atoms with E-state index in [4.69, 9.17) is 20.0 Å². The van der Waals surface area contributed by atoms with Gasteiger partial charge in [-0.3, -0.25) is 4.98 Å². The maximum absolute atomic E-state index is 10.9. The highest BCUT2D eigenvalue weighted by molar-refractivity contribution is 6.74. The Morgan fingerprint density at radius 2 is 1.56 bits per heavy atom. The zero-order valence-corrected chi connectivity index (χ0v) is 26.4. The number of ether oxygens (including phenoxy) is 1. The van der Waals surface area contributed by atoms with Gasteiger partial charge in [-0.25, -0.2) is 4.68 Å². The highest BCUT2D eigenvalue weighted by atomic mass is 28.4. The van der Waals surface area contributed by atoms with Gasteiger partial charge in [0.2, 0.25) is 0 Å². The molecule has 0 amide bonds. The average molecular weight is 573 g/mol. The summed E-state index contributed by atoms with van der Waals surface area (Å²) in [6, 6.07) is 20.3. The molecule has 0 radical (unpaired) electrons. The predicted octanol–water partition coefficient (Wildman–Crippen LogP) is 7.28. The molecule has 2 aromatic carbocycles. The van der Waals surface area contributed by atoms with Gasteiger partial charge in [-0.15, -0.1) is 0 Å². The van der Waals surface area contributed by atoms with E-state index in [1.54, 1.807) is 17.1 Å². The number of nitrogens with two attached hydrogens (primary N) is 1. The van der Waals surface area contributed by atoms with Crippen molar-refractivity contribution in [3.05, 3.63) is 84.2 Å². The zero-order chi connectivity index (χ0) is 29.8. The van der Waals surface area contributed by atoms with Crippen LogP contribution in [-0.4, -0.2) is 40.9 Å². The highest BCUT2D eigenvalue weighted by Gasteiger charge is 2.37. The van der Waals surface area contributed by atoms with Crippen LogP contribution in [-0.2, 0) is 17.6 Å². The largest absolute Gasteiger partial charge is 0.489 e. The Bertz CT molecular complexity index is 1410. The number of hydrogen-bond acceptors (Lipinski definition) is 6. The summed E-state index contributed by atoms with van der Waals surface area (Å²) >= 11 is 0. The van der Waals surface area contributed by atoms with Crippen molar-refractivity contribution in [3.63, 3.8) is 0 Å². The van der Waals surface area contributed by atoms with Crippen LogP contribution in [0.5, 0.6) is 5.75 Å². The molecule has 7 nitrogen and oxygen atoms in total. The van der Waals surface area contributed by atoms with Gasteiger partial charge in [-0.05, 0) is 65.0 Å². The summed E-state index contributed by atoms with van der Waals surface area (Å²) in [4.78, 5) is 4.15. The molecule has 0 fully saturated rings. The van der Waals surface area contributed by atoms with Crippen LogP contribution >= 0.6 is 0 Å². The van der Waals surface area contributed by atoms with Crippen LogP contribution in [0.3, 0.4) is 0 Å². The van der Waals surface area contributed by atoms with Gasteiger partial charge >= 0.3 is 0 Å². The third kappa shape index (κ3) is 7.44. The summed E-state index contributed by atoms with van der Waals surface area (Å²) in [6.45, 7) is 16.3. The van der Waals surface area contributed by atoms with Crippen molar-refractivity contribution in [2.24, 2.45) is 0 Å². The average Bonchev–Trinajstić information content (AvgIpc) is 3.26. The first-order valence-electron chi connectivity index (χ1n) is 14.3. The Morgan fingerprint density at radius 3 is 2.15 bits per heavy atom. The third-order valence-electron chi connectivity index (χ3n) is 7.97. The molecule has 1 atom stereocenters. The fourth-order valence-corrected chi connectivity index (χ4v) is 5.31. The summed E-state index contributed by atoms with van der Waals surface area (Å²) in [6.07, 6.45) is 2.73. The predicted molar refractivity (Wildman–Crippen MR) is 169 cm³/mol. The van der Waals surface area contributed by atoms with E-state index in [1.165, 1.54) is 5.56 Å². The van der Waals surface area contributed by atoms with Crippen LogP contribution in [0, 0.1) is 0 Å². The molecule has 2 heterocycles. The second-order valence-corrected chi connectivity index (χ2v) is 17.3. The Morgan fingerprint density at radius 1 is 0.927 bits per heavy atom. The number of aromatic nitrogens is 3. The van der Waals surface area contributed by atoms with Crippen molar-refractivity contribution >= 4 is 14.1 Å². The molecule has 0 spiro atoms. The van der Waals surface area contributed by atoms with Crippen LogP contribution in [0.1, 0.15) is 51.7 Å². The molecule has 0 saturated carbocycles. The monoisotopic (exact) mass is 572 g/mol. The fraction of sp³-hybridized carbons (Fsp3) is 0.394. The van der Waals surface area contributed by atoms with Gasteiger partial charge in [0, 0.05) is 18.0 Å². The molecule has 4 aromatic rings. The van der Waals surface area contributed by atoms with Crippen LogP contribution < -0.4 is 10.5 Å². The van der Waals surface area contributed by atoms with Gasteiger partial charge in [0.15, 0.2) is 8.32 Å². The number of nitrogens with zero attached hydrogens (tertiary/aromatic N) is 3. The lowest BCUT2D eigenvalue weighted by molar-refractivity contribution is 0.0834. The standard InChI is InChI=1S/C33H44N4O3Si/c1-23(2)25-10-8-24(9-11-25)21-39-29-14-12-26(13-15-29)30-31(27-16-18-35-19-17-27)36-37(32(30)34)20-28(38)22-40-41(6,7)33(3,4)5/h8-19,23,28,38H,20-22,34H2,1-7H3. The first-order valence-corrected chi connectivity index (χ1v) is 17.2. The molecule has 2 aromatic heterocycles. The minimum absolute atomic E-state index is 0.0629. The number of aliphatic hydroxyl groups is 1. The lowest BCUT2D eigenvalue weighted by Gasteiger charge is -2.36. The summed E-state index contributed by atoms with van der Waals surface area (Å²) < 4.78 is 14.0. The van der Waals surface area contributed by atoms with Crippen LogP contribution in [0.15, 0.2) is 73.1 Å². The summed E-state index contributed by atoms with van der Waals surface area (Å²) in [5.74, 6) is 1.77. The number of nitrogen functional groups attached to an aromatic ring is 1. The van der Waals surface area contributed by atoms with Crippen LogP contribution in [0.4, 0.5) is 5.82 Å². The van der Waals surface area contributed by atoms with Crippen molar-refractivity contribution in [1.82, 2.24) is 14.8 Å². The van der Waals surface area contributed by atoms with Crippen LogP contribution in [0.2, 0.25) is 18.1 Å². The Balaban J connectivity index is 1.53. The second kappa shape index (κ2) is 12.6. The van der Waals surface area contributed by atoms with E-state index in [2.05, 4.69) is 77.0 Å². The van der Waals surface area contributed by atoms with E-state index in [-0.39, 0.29) is 18.2 Å². The fourth-order valence-electron chi connectivity index (χ4n) is 4.27. The number of benzene rings is 2. The van der Waals surface area contributed by atoms with E-state index in [0.717, 1.165) is 33.7 Å². The SMILES string of the molecule is CC(C)c1ccc(COc2ccc(-c3c(-c4ccncc4)nn(CC(O)CO[Si](C)(C)C(C)(C)C)c3N)cc2)cc1. The minimum Gasteiger partial charge on any atom is -0.489 e. The van der Waals surface area contributed by atoms with Crippen molar-refractivity contribution in [3.8, 4) is 28.1 Å². The normalized spacial score (nSPS) is 13.0. The number of pyridine rings is 1. The highest BCUT2D eigenvalue weighted by Crippen LogP contribution is 2.38. The molecule has 4 rings (SSSR count). The van der Waals surface area contributed by atoms with Gasteiger partial charge in [0.1, 0.15) is 23.9 Å². The minimum atomic E-state index is -1.99. The number of hydrogen-bond donors (Lipinski definition) is 2. The molecule has 3 N–H and O–H groups in total. The topological polar surface area (TPSA) is 95.4 Å². The Hall–Kier alpha value is -3.46. The second-order valence-electron chi connectivity index (χ2n) is 12.5. The van der Waals surface area contributed by atoms with Gasteiger partial charge in [-0.1, -0.05) is 71.0 Å². The number of aliphatic hydroxyl groups excluding tert-OH is 1.